The Morgan fingerprint density at radius 2 is 1.90 bits per heavy atom. The number of nitrogens with zero attached hydrogens (tertiary/aromatic N) is 4. The summed E-state index contributed by atoms with van der Waals surface area (Å²) in [6.07, 6.45) is 0. The summed E-state index contributed by atoms with van der Waals surface area (Å²) in [4.78, 5) is 0. The predicted octanol–water partition coefficient (Wildman–Crippen LogP) is 3.58. The molecular weight excluding hydrogens is 405 g/mol. The van der Waals surface area contributed by atoms with E-state index in [4.69, 9.17) is 5.73 Å². The number of rotatable bonds is 2. The van der Waals surface area contributed by atoms with Crippen LogP contribution in [-0.2, 0) is 0 Å². The molecule has 8 heteroatoms. The lowest BCUT2D eigenvalue weighted by atomic mass is 10.2. The molecule has 2 N–H and O–H groups in total. The molecule has 0 aliphatic carbocycles. The smallest absolute Gasteiger partial charge is 0.188 e. The summed E-state index contributed by atoms with van der Waals surface area (Å²) in [7, 11) is 0. The van der Waals surface area contributed by atoms with Gasteiger partial charge in [0.15, 0.2) is 5.82 Å². The molecule has 5 nitrogen and oxygen atoms in total. The van der Waals surface area contributed by atoms with Gasteiger partial charge in [0.1, 0.15) is 11.5 Å². The third-order valence-electron chi connectivity index (χ3n) is 2.84. The van der Waals surface area contributed by atoms with Crippen LogP contribution in [-0.4, -0.2) is 20.2 Å². The molecule has 0 bridgehead atoms. The van der Waals surface area contributed by atoms with Crippen LogP contribution in [0.2, 0.25) is 0 Å². The summed E-state index contributed by atoms with van der Waals surface area (Å²) in [5.41, 5.74) is 7.29. The zero-order chi connectivity index (χ0) is 15.0. The van der Waals surface area contributed by atoms with Crippen LogP contribution in [0.4, 0.5) is 10.1 Å². The topological polar surface area (TPSA) is 69.6 Å². The van der Waals surface area contributed by atoms with Crippen molar-refractivity contribution in [3.05, 3.63) is 51.2 Å². The standard InChI is InChI=1S/C13H8Br2FN5/c14-7-1-4-11(16)12(5-7)21-13(18-19-20-21)9-6-8(17)2-3-10(9)15/h1-6H,17H2. The molecule has 0 saturated heterocycles. The third kappa shape index (κ3) is 2.68. The van der Waals surface area contributed by atoms with E-state index in [0.29, 0.717) is 17.1 Å². The van der Waals surface area contributed by atoms with E-state index >= 15 is 0 Å². The molecule has 0 spiro atoms. The van der Waals surface area contributed by atoms with Crippen LogP contribution in [0.15, 0.2) is 45.3 Å². The Labute approximate surface area is 136 Å². The van der Waals surface area contributed by atoms with E-state index in [1.54, 1.807) is 30.3 Å². The molecule has 0 atom stereocenters. The summed E-state index contributed by atoms with van der Waals surface area (Å²) in [5, 5.41) is 11.5. The van der Waals surface area contributed by atoms with Gasteiger partial charge >= 0.3 is 0 Å². The molecule has 0 amide bonds. The van der Waals surface area contributed by atoms with Crippen LogP contribution in [0.1, 0.15) is 0 Å². The first-order valence-electron chi connectivity index (χ1n) is 5.85. The van der Waals surface area contributed by atoms with Gasteiger partial charge < -0.3 is 5.73 Å². The normalized spacial score (nSPS) is 10.8. The zero-order valence-corrected chi connectivity index (χ0v) is 13.6. The van der Waals surface area contributed by atoms with E-state index < -0.39 is 5.82 Å². The van der Waals surface area contributed by atoms with Crippen LogP contribution in [0, 0.1) is 5.82 Å². The molecule has 0 saturated carbocycles. The number of nitrogens with two attached hydrogens (primary N) is 1. The van der Waals surface area contributed by atoms with Crippen molar-refractivity contribution in [2.24, 2.45) is 0 Å². The van der Waals surface area contributed by atoms with E-state index in [1.807, 2.05) is 0 Å². The van der Waals surface area contributed by atoms with Gasteiger partial charge in [-0.25, -0.2) is 4.39 Å². The minimum atomic E-state index is -0.424. The molecule has 1 aromatic heterocycles. The van der Waals surface area contributed by atoms with Crippen molar-refractivity contribution in [1.29, 1.82) is 0 Å². The van der Waals surface area contributed by atoms with Gasteiger partial charge in [0.05, 0.1) is 0 Å². The third-order valence-corrected chi connectivity index (χ3v) is 4.02. The quantitative estimate of drug-likeness (QED) is 0.653. The molecular formula is C13H8Br2FN5. The van der Waals surface area contributed by atoms with E-state index in [2.05, 4.69) is 47.4 Å². The molecule has 0 aliphatic heterocycles. The maximum Gasteiger partial charge on any atom is 0.188 e. The second kappa shape index (κ2) is 5.53. The maximum absolute atomic E-state index is 14.0. The van der Waals surface area contributed by atoms with Crippen LogP contribution >= 0.6 is 31.9 Å². The van der Waals surface area contributed by atoms with Crippen molar-refractivity contribution in [2.75, 3.05) is 5.73 Å². The molecule has 0 unspecified atom stereocenters. The Morgan fingerprint density at radius 1 is 1.10 bits per heavy atom. The lowest BCUT2D eigenvalue weighted by molar-refractivity contribution is 0.607. The molecule has 106 valence electrons. The fraction of sp³-hybridized carbons (Fsp3) is 0. The average Bonchev–Trinajstić information content (AvgIpc) is 2.93. The first kappa shape index (κ1) is 14.2. The number of anilines is 1. The van der Waals surface area contributed by atoms with Gasteiger partial charge in [-0.2, -0.15) is 4.68 Å². The number of hydrogen-bond acceptors (Lipinski definition) is 4. The number of aromatic nitrogens is 4. The van der Waals surface area contributed by atoms with Gasteiger partial charge in [0.2, 0.25) is 0 Å². The first-order valence-corrected chi connectivity index (χ1v) is 7.44. The second-order valence-corrected chi connectivity index (χ2v) is 6.02. The Bertz CT molecular complexity index is 752. The Balaban J connectivity index is 2.22. The Morgan fingerprint density at radius 3 is 2.71 bits per heavy atom. The number of halogens is 3. The molecule has 0 fully saturated rings. The van der Waals surface area contributed by atoms with Crippen molar-refractivity contribution < 1.29 is 4.39 Å². The van der Waals surface area contributed by atoms with Crippen LogP contribution in [0.25, 0.3) is 17.1 Å². The summed E-state index contributed by atoms with van der Waals surface area (Å²) < 4.78 is 16.9. The minimum absolute atomic E-state index is 0.249. The molecule has 0 radical (unpaired) electrons. The summed E-state index contributed by atoms with van der Waals surface area (Å²) in [5.74, 6) is -0.0297. The van der Waals surface area contributed by atoms with Gasteiger partial charge in [0, 0.05) is 20.2 Å². The largest absolute Gasteiger partial charge is 0.399 e. The lowest BCUT2D eigenvalue weighted by Crippen LogP contribution is -2.03. The number of benzene rings is 2. The van der Waals surface area contributed by atoms with Gasteiger partial charge in [-0.3, -0.25) is 0 Å². The highest BCUT2D eigenvalue weighted by Crippen LogP contribution is 2.30. The predicted molar refractivity (Wildman–Crippen MR) is 84.4 cm³/mol. The number of hydrogen-bond donors (Lipinski definition) is 1. The molecule has 0 aliphatic rings. The van der Waals surface area contributed by atoms with E-state index in [-0.39, 0.29) is 5.69 Å². The monoisotopic (exact) mass is 411 g/mol. The lowest BCUT2D eigenvalue weighted by Gasteiger charge is -2.08. The summed E-state index contributed by atoms with van der Waals surface area (Å²) in [6, 6.07) is 9.83. The van der Waals surface area contributed by atoms with Gasteiger partial charge in [0.25, 0.3) is 0 Å². The van der Waals surface area contributed by atoms with Crippen molar-refractivity contribution >= 4 is 37.5 Å². The van der Waals surface area contributed by atoms with Crippen LogP contribution in [0.5, 0.6) is 0 Å². The molecule has 2 aromatic carbocycles. The van der Waals surface area contributed by atoms with E-state index in [9.17, 15) is 4.39 Å². The van der Waals surface area contributed by atoms with Gasteiger partial charge in [-0.15, -0.1) is 5.10 Å². The van der Waals surface area contributed by atoms with Gasteiger partial charge in [-0.1, -0.05) is 31.9 Å². The molecule has 3 aromatic rings. The molecule has 21 heavy (non-hydrogen) atoms. The van der Waals surface area contributed by atoms with Crippen LogP contribution in [0.3, 0.4) is 0 Å². The van der Waals surface area contributed by atoms with E-state index in [0.717, 1.165) is 8.95 Å². The zero-order valence-electron chi connectivity index (χ0n) is 10.5. The van der Waals surface area contributed by atoms with Crippen molar-refractivity contribution in [3.8, 4) is 17.1 Å². The Kier molecular flexibility index (Phi) is 3.73. The fourth-order valence-corrected chi connectivity index (χ4v) is 2.65. The highest BCUT2D eigenvalue weighted by Gasteiger charge is 2.16. The van der Waals surface area contributed by atoms with E-state index in [1.165, 1.54) is 10.7 Å². The van der Waals surface area contributed by atoms with Gasteiger partial charge in [-0.05, 0) is 46.8 Å². The molecule has 3 rings (SSSR count). The number of tetrazole rings is 1. The van der Waals surface area contributed by atoms with Crippen molar-refractivity contribution in [2.45, 2.75) is 0 Å². The SMILES string of the molecule is Nc1ccc(Br)c(-c2nnnn2-c2cc(Br)ccc2F)c1. The second-order valence-electron chi connectivity index (χ2n) is 4.25. The summed E-state index contributed by atoms with van der Waals surface area (Å²) in [6.45, 7) is 0. The molecule has 1 heterocycles. The Hall–Kier alpha value is -1.80. The van der Waals surface area contributed by atoms with Crippen LogP contribution < -0.4 is 5.73 Å². The fourth-order valence-electron chi connectivity index (χ4n) is 1.88. The average molecular weight is 413 g/mol. The highest BCUT2D eigenvalue weighted by atomic mass is 79.9. The number of nitrogen functional groups attached to an aromatic ring is 1. The minimum Gasteiger partial charge on any atom is -0.399 e. The summed E-state index contributed by atoms with van der Waals surface area (Å²) >= 11 is 6.74. The highest BCUT2D eigenvalue weighted by molar-refractivity contribution is 9.10. The van der Waals surface area contributed by atoms with Crippen molar-refractivity contribution in [1.82, 2.24) is 20.2 Å². The maximum atomic E-state index is 14.0. The van der Waals surface area contributed by atoms with Crippen molar-refractivity contribution in [3.63, 3.8) is 0 Å². The first-order chi connectivity index (χ1) is 10.1.